The first-order valence-corrected chi connectivity index (χ1v) is 6.94. The van der Waals surface area contributed by atoms with E-state index < -0.39 is 0 Å². The maximum atomic E-state index is 6.49. The number of aryl methyl sites for hydroxylation is 1. The molecule has 0 amide bonds. The van der Waals surface area contributed by atoms with Crippen molar-refractivity contribution in [2.45, 2.75) is 32.4 Å². The molecule has 0 bridgehead atoms. The number of hydrogen-bond donors (Lipinski definition) is 2. The molecular formula is C15H25N3. The lowest BCUT2D eigenvalue weighted by Gasteiger charge is -2.41. The summed E-state index contributed by atoms with van der Waals surface area (Å²) in [6.45, 7) is 8.50. The van der Waals surface area contributed by atoms with E-state index in [-0.39, 0.29) is 5.66 Å². The summed E-state index contributed by atoms with van der Waals surface area (Å²) >= 11 is 0. The molecule has 0 aromatic heterocycles. The lowest BCUT2D eigenvalue weighted by Crippen LogP contribution is -2.60. The first-order valence-electron chi connectivity index (χ1n) is 6.94. The number of benzene rings is 1. The second kappa shape index (κ2) is 5.83. The Morgan fingerprint density at radius 3 is 2.28 bits per heavy atom. The van der Waals surface area contributed by atoms with E-state index in [0.29, 0.717) is 0 Å². The van der Waals surface area contributed by atoms with Gasteiger partial charge in [-0.15, -0.1) is 0 Å². The van der Waals surface area contributed by atoms with E-state index in [1.165, 1.54) is 11.1 Å². The van der Waals surface area contributed by atoms with Gasteiger partial charge in [-0.05, 0) is 24.5 Å². The van der Waals surface area contributed by atoms with Crippen molar-refractivity contribution < 1.29 is 0 Å². The zero-order valence-corrected chi connectivity index (χ0v) is 11.6. The second-order valence-electron chi connectivity index (χ2n) is 5.44. The van der Waals surface area contributed by atoms with E-state index >= 15 is 0 Å². The van der Waals surface area contributed by atoms with E-state index in [1.54, 1.807) is 0 Å². The van der Waals surface area contributed by atoms with E-state index in [4.69, 9.17) is 5.73 Å². The number of nitrogens with zero attached hydrogens (tertiary/aromatic N) is 1. The summed E-state index contributed by atoms with van der Waals surface area (Å²) in [5.41, 5.74) is 8.97. The van der Waals surface area contributed by atoms with Crippen LogP contribution in [-0.4, -0.2) is 36.7 Å². The Labute approximate surface area is 110 Å². The van der Waals surface area contributed by atoms with Gasteiger partial charge >= 0.3 is 0 Å². The average molecular weight is 247 g/mol. The van der Waals surface area contributed by atoms with E-state index in [0.717, 1.165) is 39.0 Å². The Morgan fingerprint density at radius 1 is 1.17 bits per heavy atom. The molecular weight excluding hydrogens is 222 g/mol. The summed E-state index contributed by atoms with van der Waals surface area (Å²) in [5.74, 6) is 0. The molecule has 1 aromatic carbocycles. The third-order valence-corrected chi connectivity index (χ3v) is 3.83. The summed E-state index contributed by atoms with van der Waals surface area (Å²) in [7, 11) is 0. The Balaban J connectivity index is 2.01. The molecule has 3 nitrogen and oxygen atoms in total. The highest BCUT2D eigenvalue weighted by Gasteiger charge is 2.28. The number of nitrogens with one attached hydrogen (secondary N) is 1. The van der Waals surface area contributed by atoms with Crippen LogP contribution in [0.25, 0.3) is 0 Å². The fourth-order valence-corrected chi connectivity index (χ4v) is 2.59. The molecule has 0 spiro atoms. The Kier molecular flexibility index (Phi) is 4.38. The largest absolute Gasteiger partial charge is 0.314 e. The summed E-state index contributed by atoms with van der Waals surface area (Å²) in [5, 5.41) is 3.37. The van der Waals surface area contributed by atoms with Crippen LogP contribution in [0.2, 0.25) is 0 Å². The first-order chi connectivity index (χ1) is 8.62. The van der Waals surface area contributed by atoms with Crippen molar-refractivity contribution in [3.8, 4) is 0 Å². The molecule has 0 radical (unpaired) electrons. The smallest absolute Gasteiger partial charge is 0.0700 e. The molecule has 1 heterocycles. The van der Waals surface area contributed by atoms with Gasteiger partial charge in [0, 0.05) is 32.6 Å². The van der Waals surface area contributed by atoms with Crippen LogP contribution < -0.4 is 11.1 Å². The molecule has 1 aromatic rings. The first kappa shape index (κ1) is 13.5. The van der Waals surface area contributed by atoms with Gasteiger partial charge in [-0.2, -0.15) is 0 Å². The number of hydrogen-bond acceptors (Lipinski definition) is 3. The van der Waals surface area contributed by atoms with Crippen molar-refractivity contribution in [1.29, 1.82) is 0 Å². The van der Waals surface area contributed by atoms with Crippen molar-refractivity contribution in [3.05, 3.63) is 35.4 Å². The topological polar surface area (TPSA) is 41.3 Å². The minimum atomic E-state index is -0.240. The molecule has 0 aliphatic carbocycles. The van der Waals surface area contributed by atoms with Crippen LogP contribution >= 0.6 is 0 Å². The van der Waals surface area contributed by atoms with Crippen LogP contribution in [-0.2, 0) is 12.8 Å². The fourth-order valence-electron chi connectivity index (χ4n) is 2.59. The van der Waals surface area contributed by atoms with Gasteiger partial charge in [-0.1, -0.05) is 31.2 Å². The van der Waals surface area contributed by atoms with Crippen LogP contribution in [0.5, 0.6) is 0 Å². The summed E-state index contributed by atoms with van der Waals surface area (Å²) in [4.78, 5) is 2.39. The lowest BCUT2D eigenvalue weighted by atomic mass is 9.98. The van der Waals surface area contributed by atoms with Gasteiger partial charge < -0.3 is 11.1 Å². The van der Waals surface area contributed by atoms with Crippen molar-refractivity contribution in [2.24, 2.45) is 5.73 Å². The summed E-state index contributed by atoms with van der Waals surface area (Å²) < 4.78 is 0. The van der Waals surface area contributed by atoms with Gasteiger partial charge in [-0.3, -0.25) is 4.90 Å². The average Bonchev–Trinajstić information content (AvgIpc) is 2.40. The quantitative estimate of drug-likeness (QED) is 0.844. The monoisotopic (exact) mass is 247 g/mol. The highest BCUT2D eigenvalue weighted by Crippen LogP contribution is 2.17. The molecule has 1 fully saturated rings. The summed E-state index contributed by atoms with van der Waals surface area (Å²) in [6, 6.07) is 8.85. The molecule has 1 atom stereocenters. The predicted octanol–water partition coefficient (Wildman–Crippen LogP) is 1.37. The van der Waals surface area contributed by atoms with Crippen molar-refractivity contribution in [2.75, 3.05) is 26.2 Å². The van der Waals surface area contributed by atoms with Gasteiger partial charge in [0.2, 0.25) is 0 Å². The molecule has 1 unspecified atom stereocenters. The lowest BCUT2D eigenvalue weighted by molar-refractivity contribution is 0.0932. The third kappa shape index (κ3) is 3.31. The molecule has 3 N–H and O–H groups in total. The van der Waals surface area contributed by atoms with E-state index in [9.17, 15) is 0 Å². The Morgan fingerprint density at radius 2 is 1.72 bits per heavy atom. The molecule has 2 rings (SSSR count). The zero-order valence-electron chi connectivity index (χ0n) is 11.6. The van der Waals surface area contributed by atoms with Crippen LogP contribution in [0.1, 0.15) is 25.0 Å². The Hall–Kier alpha value is -0.900. The van der Waals surface area contributed by atoms with Crippen LogP contribution in [0.15, 0.2) is 24.3 Å². The molecule has 1 aliphatic rings. The molecule has 18 heavy (non-hydrogen) atoms. The van der Waals surface area contributed by atoms with E-state index in [2.05, 4.69) is 48.3 Å². The maximum absolute atomic E-state index is 6.49. The van der Waals surface area contributed by atoms with Crippen molar-refractivity contribution in [1.82, 2.24) is 10.2 Å². The number of piperazine rings is 1. The normalized spacial score (nSPS) is 20.6. The molecule has 1 saturated heterocycles. The summed E-state index contributed by atoms with van der Waals surface area (Å²) in [6.07, 6.45) is 2.01. The molecule has 100 valence electrons. The molecule has 0 saturated carbocycles. The standard InChI is InChI=1S/C15H25N3/c1-3-13-4-6-14(7-5-13)12-15(2,16)18-10-8-17-9-11-18/h4-7,17H,3,8-12,16H2,1-2H3. The van der Waals surface area contributed by atoms with Gasteiger partial charge in [0.25, 0.3) is 0 Å². The fraction of sp³-hybridized carbons (Fsp3) is 0.600. The van der Waals surface area contributed by atoms with E-state index in [1.807, 2.05) is 0 Å². The highest BCUT2D eigenvalue weighted by atomic mass is 15.3. The SMILES string of the molecule is CCc1ccc(CC(C)(N)N2CCNCC2)cc1. The van der Waals surface area contributed by atoms with Crippen LogP contribution in [0.3, 0.4) is 0 Å². The third-order valence-electron chi connectivity index (χ3n) is 3.83. The minimum absolute atomic E-state index is 0.240. The zero-order chi connectivity index (χ0) is 13.0. The number of rotatable bonds is 4. The maximum Gasteiger partial charge on any atom is 0.0700 e. The minimum Gasteiger partial charge on any atom is -0.314 e. The van der Waals surface area contributed by atoms with Crippen LogP contribution in [0.4, 0.5) is 0 Å². The van der Waals surface area contributed by atoms with Gasteiger partial charge in [-0.25, -0.2) is 0 Å². The molecule has 1 aliphatic heterocycles. The van der Waals surface area contributed by atoms with Crippen molar-refractivity contribution >= 4 is 0 Å². The number of nitrogens with two attached hydrogens (primary N) is 1. The van der Waals surface area contributed by atoms with Gasteiger partial charge in [0.1, 0.15) is 0 Å². The molecule has 3 heteroatoms. The van der Waals surface area contributed by atoms with Crippen LogP contribution in [0, 0.1) is 0 Å². The highest BCUT2D eigenvalue weighted by molar-refractivity contribution is 5.23. The van der Waals surface area contributed by atoms with Gasteiger partial charge in [0.05, 0.1) is 5.66 Å². The predicted molar refractivity (Wildman–Crippen MR) is 76.6 cm³/mol. The van der Waals surface area contributed by atoms with Gasteiger partial charge in [0.15, 0.2) is 0 Å². The van der Waals surface area contributed by atoms with Crippen molar-refractivity contribution in [3.63, 3.8) is 0 Å². The second-order valence-corrected chi connectivity index (χ2v) is 5.44. The Bertz CT molecular complexity index is 364.